The van der Waals surface area contributed by atoms with Crippen LogP contribution in [0, 0.1) is 0 Å². The lowest BCUT2D eigenvalue weighted by Gasteiger charge is -2.14. The SMILES string of the molecule is COc1ccc(NC(=O)CCN2C(=O)/C(=C/c3cccc(O)c3)SC2=S)cc1. The van der Waals surface area contributed by atoms with E-state index in [4.69, 9.17) is 17.0 Å². The fraction of sp³-hybridized carbons (Fsp3) is 0.150. The maximum atomic E-state index is 12.6. The molecule has 0 spiro atoms. The first-order valence-corrected chi connectivity index (χ1v) is 9.67. The molecule has 1 fully saturated rings. The molecule has 8 heteroatoms. The number of nitrogens with zero attached hydrogens (tertiary/aromatic N) is 1. The molecule has 1 saturated heterocycles. The van der Waals surface area contributed by atoms with Crippen LogP contribution in [0.25, 0.3) is 6.08 Å². The van der Waals surface area contributed by atoms with Gasteiger partial charge in [-0.1, -0.05) is 36.1 Å². The van der Waals surface area contributed by atoms with Crippen molar-refractivity contribution >= 4 is 51.9 Å². The second-order valence-corrected chi connectivity index (χ2v) is 7.63. The lowest BCUT2D eigenvalue weighted by atomic mass is 10.2. The van der Waals surface area contributed by atoms with Crippen molar-refractivity contribution in [3.63, 3.8) is 0 Å². The number of amides is 2. The number of phenols is 1. The average molecular weight is 415 g/mol. The third kappa shape index (κ3) is 4.90. The predicted octanol–water partition coefficient (Wildman–Crippen LogP) is 3.63. The van der Waals surface area contributed by atoms with Gasteiger partial charge in [-0.25, -0.2) is 0 Å². The molecule has 0 atom stereocenters. The molecule has 1 aliphatic rings. The summed E-state index contributed by atoms with van der Waals surface area (Å²) >= 11 is 6.46. The normalized spacial score (nSPS) is 15.2. The molecular weight excluding hydrogens is 396 g/mol. The van der Waals surface area contributed by atoms with Gasteiger partial charge in [0, 0.05) is 18.7 Å². The number of carbonyl (C=O) groups is 2. The Morgan fingerprint density at radius 3 is 2.71 bits per heavy atom. The second kappa shape index (κ2) is 8.90. The van der Waals surface area contributed by atoms with E-state index in [1.54, 1.807) is 61.7 Å². The van der Waals surface area contributed by atoms with Crippen LogP contribution in [0.15, 0.2) is 53.4 Å². The molecule has 6 nitrogen and oxygen atoms in total. The first kappa shape index (κ1) is 19.9. The van der Waals surface area contributed by atoms with Gasteiger partial charge in [0.15, 0.2) is 0 Å². The monoisotopic (exact) mass is 414 g/mol. The standard InChI is InChI=1S/C20H18N2O4S2/c1-26-16-7-5-14(6-8-16)21-18(24)9-10-22-19(25)17(28-20(22)27)12-13-3-2-4-15(23)11-13/h2-8,11-12,23H,9-10H2,1H3,(H,21,24)/b17-12-. The highest BCUT2D eigenvalue weighted by Crippen LogP contribution is 2.33. The first-order chi connectivity index (χ1) is 13.5. The van der Waals surface area contributed by atoms with Crippen LogP contribution < -0.4 is 10.1 Å². The van der Waals surface area contributed by atoms with Crippen LogP contribution in [0.3, 0.4) is 0 Å². The Bertz CT molecular complexity index is 941. The van der Waals surface area contributed by atoms with E-state index in [0.29, 0.717) is 26.2 Å². The van der Waals surface area contributed by atoms with Gasteiger partial charge >= 0.3 is 0 Å². The van der Waals surface area contributed by atoms with Gasteiger partial charge in [-0.05, 0) is 48.0 Å². The van der Waals surface area contributed by atoms with Gasteiger partial charge in [0.1, 0.15) is 15.8 Å². The summed E-state index contributed by atoms with van der Waals surface area (Å²) in [5.41, 5.74) is 1.36. The summed E-state index contributed by atoms with van der Waals surface area (Å²) in [6.45, 7) is 0.198. The number of anilines is 1. The Kier molecular flexibility index (Phi) is 6.33. The van der Waals surface area contributed by atoms with Crippen LogP contribution in [-0.4, -0.2) is 39.8 Å². The average Bonchev–Trinajstić information content (AvgIpc) is 2.93. The van der Waals surface area contributed by atoms with E-state index in [9.17, 15) is 14.7 Å². The molecule has 144 valence electrons. The molecule has 2 aromatic rings. The van der Waals surface area contributed by atoms with Crippen molar-refractivity contribution in [1.82, 2.24) is 4.90 Å². The van der Waals surface area contributed by atoms with Gasteiger partial charge in [-0.3, -0.25) is 14.5 Å². The lowest BCUT2D eigenvalue weighted by molar-refractivity contribution is -0.122. The summed E-state index contributed by atoms with van der Waals surface area (Å²) in [7, 11) is 1.57. The number of nitrogens with one attached hydrogen (secondary N) is 1. The largest absolute Gasteiger partial charge is 0.508 e. The molecule has 28 heavy (non-hydrogen) atoms. The van der Waals surface area contributed by atoms with Crippen molar-refractivity contribution in [2.45, 2.75) is 6.42 Å². The highest BCUT2D eigenvalue weighted by Gasteiger charge is 2.32. The van der Waals surface area contributed by atoms with Gasteiger partial charge < -0.3 is 15.2 Å². The smallest absolute Gasteiger partial charge is 0.266 e. The number of ether oxygens (including phenoxy) is 1. The molecule has 1 aliphatic heterocycles. The molecule has 0 saturated carbocycles. The molecule has 2 N–H and O–H groups in total. The molecule has 0 bridgehead atoms. The lowest BCUT2D eigenvalue weighted by Crippen LogP contribution is -2.31. The summed E-state index contributed by atoms with van der Waals surface area (Å²) in [5.74, 6) is 0.375. The quantitative estimate of drug-likeness (QED) is 0.555. The number of thiocarbonyl (C=S) groups is 1. The van der Waals surface area contributed by atoms with Gasteiger partial charge in [0.25, 0.3) is 5.91 Å². The molecule has 3 rings (SSSR count). The minimum Gasteiger partial charge on any atom is -0.508 e. The number of aromatic hydroxyl groups is 1. The summed E-state index contributed by atoms with van der Waals surface area (Å²) in [6.07, 6.45) is 1.80. The van der Waals surface area contributed by atoms with Crippen molar-refractivity contribution in [3.8, 4) is 11.5 Å². The van der Waals surface area contributed by atoms with Crippen LogP contribution in [0.1, 0.15) is 12.0 Å². The maximum Gasteiger partial charge on any atom is 0.266 e. The summed E-state index contributed by atoms with van der Waals surface area (Å²) < 4.78 is 5.49. The summed E-state index contributed by atoms with van der Waals surface area (Å²) in [6, 6.07) is 13.6. The van der Waals surface area contributed by atoms with Gasteiger partial charge in [-0.15, -0.1) is 0 Å². The van der Waals surface area contributed by atoms with Crippen LogP contribution in [0.2, 0.25) is 0 Å². The van der Waals surface area contributed by atoms with E-state index in [1.807, 2.05) is 0 Å². The number of phenolic OH excluding ortho intramolecular Hbond substituents is 1. The molecule has 0 aromatic heterocycles. The number of rotatable bonds is 6. The van der Waals surface area contributed by atoms with E-state index < -0.39 is 0 Å². The Morgan fingerprint density at radius 1 is 1.29 bits per heavy atom. The first-order valence-electron chi connectivity index (χ1n) is 8.44. The minimum atomic E-state index is -0.240. The molecule has 1 heterocycles. The Balaban J connectivity index is 1.58. The highest BCUT2D eigenvalue weighted by atomic mass is 32.2. The van der Waals surface area contributed by atoms with Gasteiger partial charge in [0.2, 0.25) is 5.91 Å². The third-order valence-electron chi connectivity index (χ3n) is 3.98. The van der Waals surface area contributed by atoms with Crippen LogP contribution in [0.5, 0.6) is 11.5 Å². The van der Waals surface area contributed by atoms with Crippen molar-refractivity contribution in [1.29, 1.82) is 0 Å². The van der Waals surface area contributed by atoms with Crippen LogP contribution in [-0.2, 0) is 9.59 Å². The fourth-order valence-electron chi connectivity index (χ4n) is 2.57. The highest BCUT2D eigenvalue weighted by molar-refractivity contribution is 8.26. The molecule has 0 aliphatic carbocycles. The number of carbonyl (C=O) groups excluding carboxylic acids is 2. The predicted molar refractivity (Wildman–Crippen MR) is 114 cm³/mol. The molecular formula is C20H18N2O4S2. The van der Waals surface area contributed by atoms with Crippen LogP contribution >= 0.6 is 24.0 Å². The second-order valence-electron chi connectivity index (χ2n) is 5.96. The molecule has 2 amide bonds. The van der Waals surface area contributed by atoms with Gasteiger partial charge in [0.05, 0.1) is 12.0 Å². The van der Waals surface area contributed by atoms with E-state index in [-0.39, 0.29) is 30.5 Å². The van der Waals surface area contributed by atoms with Crippen molar-refractivity contribution in [2.24, 2.45) is 0 Å². The zero-order valence-corrected chi connectivity index (χ0v) is 16.7. The van der Waals surface area contributed by atoms with E-state index in [1.165, 1.54) is 16.7 Å². The molecule has 2 aromatic carbocycles. The maximum absolute atomic E-state index is 12.6. The number of hydrogen-bond donors (Lipinski definition) is 2. The van der Waals surface area contributed by atoms with E-state index in [0.717, 1.165) is 0 Å². The van der Waals surface area contributed by atoms with E-state index in [2.05, 4.69) is 5.32 Å². The topological polar surface area (TPSA) is 78.9 Å². The minimum absolute atomic E-state index is 0.123. The van der Waals surface area contributed by atoms with Gasteiger partial charge in [-0.2, -0.15) is 0 Å². The Morgan fingerprint density at radius 2 is 2.04 bits per heavy atom. The fourth-order valence-corrected chi connectivity index (χ4v) is 3.88. The number of benzene rings is 2. The van der Waals surface area contributed by atoms with Crippen LogP contribution in [0.4, 0.5) is 5.69 Å². The summed E-state index contributed by atoms with van der Waals surface area (Å²) in [5, 5.41) is 12.3. The zero-order chi connectivity index (χ0) is 20.1. The molecule has 0 radical (unpaired) electrons. The van der Waals surface area contributed by atoms with Crippen molar-refractivity contribution < 1.29 is 19.4 Å². The number of hydrogen-bond acceptors (Lipinski definition) is 6. The van der Waals surface area contributed by atoms with Crippen molar-refractivity contribution in [2.75, 3.05) is 19.0 Å². The number of thioether (sulfide) groups is 1. The van der Waals surface area contributed by atoms with Crippen molar-refractivity contribution in [3.05, 3.63) is 59.0 Å². The number of methoxy groups -OCH3 is 1. The zero-order valence-electron chi connectivity index (χ0n) is 15.0. The Labute approximate surface area is 172 Å². The molecule has 0 unspecified atom stereocenters. The van der Waals surface area contributed by atoms with E-state index >= 15 is 0 Å². The summed E-state index contributed by atoms with van der Waals surface area (Å²) in [4.78, 5) is 26.6. The third-order valence-corrected chi connectivity index (χ3v) is 5.36. The Hall–Kier alpha value is -2.84.